The molecule has 1 aromatic heterocycles. The number of aryl methyl sites for hydroxylation is 1. The van der Waals surface area contributed by atoms with E-state index in [1.807, 2.05) is 25.1 Å². The van der Waals surface area contributed by atoms with Crippen LogP contribution in [-0.4, -0.2) is 21.2 Å². The average Bonchev–Trinajstić information content (AvgIpc) is 2.78. The molecular formula is C18H15F2N3OS. The van der Waals surface area contributed by atoms with Crippen molar-refractivity contribution in [3.63, 3.8) is 0 Å². The molecule has 0 bridgehead atoms. The predicted octanol–water partition coefficient (Wildman–Crippen LogP) is 5.64. The first-order valence-electron chi connectivity index (χ1n) is 7.83. The lowest BCUT2D eigenvalue weighted by Crippen LogP contribution is -2.22. The van der Waals surface area contributed by atoms with Crippen LogP contribution in [0.15, 0.2) is 46.6 Å². The van der Waals surface area contributed by atoms with Crippen molar-refractivity contribution in [3.8, 4) is 5.88 Å². The van der Waals surface area contributed by atoms with E-state index >= 15 is 0 Å². The fourth-order valence-corrected chi connectivity index (χ4v) is 3.68. The van der Waals surface area contributed by atoms with Crippen molar-refractivity contribution >= 4 is 34.0 Å². The molecule has 25 heavy (non-hydrogen) atoms. The van der Waals surface area contributed by atoms with Crippen molar-refractivity contribution in [1.82, 2.24) is 4.57 Å². The van der Waals surface area contributed by atoms with Crippen LogP contribution in [0.1, 0.15) is 11.6 Å². The molecule has 1 aliphatic heterocycles. The van der Waals surface area contributed by atoms with Gasteiger partial charge < -0.3 is 9.67 Å². The highest BCUT2D eigenvalue weighted by Crippen LogP contribution is 2.46. The van der Waals surface area contributed by atoms with E-state index in [1.165, 1.54) is 10.6 Å². The lowest BCUT2D eigenvalue weighted by atomic mass is 10.2. The molecule has 4 rings (SSSR count). The summed E-state index contributed by atoms with van der Waals surface area (Å²) < 4.78 is 29.6. The Bertz CT molecular complexity index is 996. The number of aromatic nitrogens is 1. The normalized spacial score (nSPS) is 15.2. The summed E-state index contributed by atoms with van der Waals surface area (Å²) in [5.41, 5.74) is 1.82. The molecule has 0 amide bonds. The van der Waals surface area contributed by atoms with E-state index in [1.54, 1.807) is 17.8 Å². The third-order valence-electron chi connectivity index (χ3n) is 4.32. The molecule has 7 heteroatoms. The first kappa shape index (κ1) is 16.1. The molecule has 1 fully saturated rings. The summed E-state index contributed by atoms with van der Waals surface area (Å²) >= 11 is 1.71. The number of fused-ring (bicyclic) bond motifs is 1. The number of aromatic hydroxyl groups is 1. The minimum Gasteiger partial charge on any atom is -0.493 e. The second-order valence-electron chi connectivity index (χ2n) is 6.00. The van der Waals surface area contributed by atoms with Crippen LogP contribution < -0.4 is 0 Å². The highest BCUT2D eigenvalue weighted by atomic mass is 32.2. The Morgan fingerprint density at radius 2 is 1.92 bits per heavy atom. The zero-order chi connectivity index (χ0) is 17.6. The molecule has 4 nitrogen and oxygen atoms in total. The van der Waals surface area contributed by atoms with Gasteiger partial charge in [0, 0.05) is 23.0 Å². The Labute approximate surface area is 147 Å². The molecule has 2 heterocycles. The van der Waals surface area contributed by atoms with Gasteiger partial charge in [-0.1, -0.05) is 18.2 Å². The smallest absolute Gasteiger partial charge is 0.221 e. The largest absolute Gasteiger partial charge is 0.493 e. The van der Waals surface area contributed by atoms with Gasteiger partial charge in [0.05, 0.1) is 17.2 Å². The van der Waals surface area contributed by atoms with Crippen molar-refractivity contribution in [2.24, 2.45) is 10.2 Å². The monoisotopic (exact) mass is 359 g/mol. The first-order valence-corrected chi connectivity index (χ1v) is 8.98. The Balaban J connectivity index is 1.91. The maximum absolute atomic E-state index is 14.4. The summed E-state index contributed by atoms with van der Waals surface area (Å²) in [7, 11) is 0. The van der Waals surface area contributed by atoms with Gasteiger partial charge in [0.25, 0.3) is 0 Å². The van der Waals surface area contributed by atoms with Crippen LogP contribution in [0.3, 0.4) is 0 Å². The molecule has 2 aromatic carbocycles. The molecule has 1 N–H and O–H groups in total. The van der Waals surface area contributed by atoms with Gasteiger partial charge in [0.15, 0.2) is 11.5 Å². The SMILES string of the molecule is Cc1ccccc1N=Nc1c(O)n(C2CSC2)c2c(F)cc(F)cc12. The maximum Gasteiger partial charge on any atom is 0.221 e. The molecule has 1 saturated heterocycles. The summed E-state index contributed by atoms with van der Waals surface area (Å²) in [6.07, 6.45) is 0. The van der Waals surface area contributed by atoms with Crippen molar-refractivity contribution in [2.45, 2.75) is 13.0 Å². The van der Waals surface area contributed by atoms with E-state index in [9.17, 15) is 13.9 Å². The van der Waals surface area contributed by atoms with Crippen LogP contribution in [0, 0.1) is 18.6 Å². The Hall–Kier alpha value is -2.41. The van der Waals surface area contributed by atoms with Crippen molar-refractivity contribution in [2.75, 3.05) is 11.5 Å². The van der Waals surface area contributed by atoms with Crippen LogP contribution in [0.4, 0.5) is 20.2 Å². The maximum atomic E-state index is 14.4. The molecule has 0 unspecified atom stereocenters. The van der Waals surface area contributed by atoms with Crippen LogP contribution >= 0.6 is 11.8 Å². The number of hydrogen-bond acceptors (Lipinski definition) is 4. The number of rotatable bonds is 3. The van der Waals surface area contributed by atoms with Crippen LogP contribution in [0.5, 0.6) is 5.88 Å². The van der Waals surface area contributed by atoms with Gasteiger partial charge in [-0.3, -0.25) is 0 Å². The van der Waals surface area contributed by atoms with Crippen LogP contribution in [0.25, 0.3) is 10.9 Å². The zero-order valence-corrected chi connectivity index (χ0v) is 14.2. The standard InChI is InChI=1S/C18H15F2N3OS/c1-10-4-2-3-5-15(10)21-22-16-13-6-11(19)7-14(20)17(13)23(18(16)24)12-8-25-9-12/h2-7,12,24H,8-9H2,1H3. The topological polar surface area (TPSA) is 49.9 Å². The number of azo groups is 1. The molecule has 3 aromatic rings. The molecule has 128 valence electrons. The van der Waals surface area contributed by atoms with E-state index in [0.29, 0.717) is 5.69 Å². The fourth-order valence-electron chi connectivity index (χ4n) is 2.94. The summed E-state index contributed by atoms with van der Waals surface area (Å²) in [6, 6.07) is 9.38. The third kappa shape index (κ3) is 2.68. The third-order valence-corrected chi connectivity index (χ3v) is 5.56. The molecule has 0 saturated carbocycles. The molecular weight excluding hydrogens is 344 g/mol. The Kier molecular flexibility index (Phi) is 3.95. The van der Waals surface area contributed by atoms with Crippen molar-refractivity contribution in [3.05, 3.63) is 53.6 Å². The lowest BCUT2D eigenvalue weighted by molar-refractivity contribution is 0.404. The summed E-state index contributed by atoms with van der Waals surface area (Å²) in [5.74, 6) is -0.0652. The molecule has 0 radical (unpaired) electrons. The van der Waals surface area contributed by atoms with Crippen LogP contribution in [0.2, 0.25) is 0 Å². The van der Waals surface area contributed by atoms with Gasteiger partial charge in [-0.2, -0.15) is 16.9 Å². The zero-order valence-electron chi connectivity index (χ0n) is 13.4. The van der Waals surface area contributed by atoms with Gasteiger partial charge in [0.1, 0.15) is 5.82 Å². The van der Waals surface area contributed by atoms with E-state index in [-0.39, 0.29) is 28.5 Å². The highest BCUT2D eigenvalue weighted by Gasteiger charge is 2.29. The highest BCUT2D eigenvalue weighted by molar-refractivity contribution is 8.00. The molecule has 0 aliphatic carbocycles. The number of benzene rings is 2. The number of thioether (sulfide) groups is 1. The Morgan fingerprint density at radius 3 is 2.60 bits per heavy atom. The summed E-state index contributed by atoms with van der Waals surface area (Å²) in [6.45, 7) is 1.89. The first-order chi connectivity index (χ1) is 12.1. The van der Waals surface area contributed by atoms with Gasteiger partial charge in [-0.05, 0) is 24.6 Å². The summed E-state index contributed by atoms with van der Waals surface area (Å²) in [4.78, 5) is 0. The van der Waals surface area contributed by atoms with E-state index < -0.39 is 11.6 Å². The second kappa shape index (κ2) is 6.15. The lowest BCUT2D eigenvalue weighted by Gasteiger charge is -2.27. The number of halogens is 2. The van der Waals surface area contributed by atoms with Gasteiger partial charge in [-0.15, -0.1) is 5.11 Å². The minimum absolute atomic E-state index is 0.0325. The fraction of sp³-hybridized carbons (Fsp3) is 0.222. The van der Waals surface area contributed by atoms with Crippen molar-refractivity contribution < 1.29 is 13.9 Å². The number of hydrogen-bond donors (Lipinski definition) is 1. The molecule has 0 spiro atoms. The van der Waals surface area contributed by atoms with Crippen LogP contribution in [-0.2, 0) is 0 Å². The summed E-state index contributed by atoms with van der Waals surface area (Å²) in [5, 5.41) is 19.1. The minimum atomic E-state index is -0.711. The van der Waals surface area contributed by atoms with E-state index in [2.05, 4.69) is 10.2 Å². The number of nitrogens with zero attached hydrogens (tertiary/aromatic N) is 3. The van der Waals surface area contributed by atoms with Gasteiger partial charge in [0.2, 0.25) is 5.88 Å². The van der Waals surface area contributed by atoms with E-state index in [0.717, 1.165) is 23.1 Å². The second-order valence-corrected chi connectivity index (χ2v) is 7.08. The molecule has 0 atom stereocenters. The van der Waals surface area contributed by atoms with Gasteiger partial charge >= 0.3 is 0 Å². The molecule has 1 aliphatic rings. The average molecular weight is 359 g/mol. The quantitative estimate of drug-likeness (QED) is 0.616. The van der Waals surface area contributed by atoms with E-state index in [4.69, 9.17) is 0 Å². The van der Waals surface area contributed by atoms with Gasteiger partial charge in [-0.25, -0.2) is 8.78 Å². The predicted molar refractivity (Wildman–Crippen MR) is 95.2 cm³/mol. The Morgan fingerprint density at radius 1 is 1.16 bits per heavy atom. The van der Waals surface area contributed by atoms with Crippen molar-refractivity contribution in [1.29, 1.82) is 0 Å².